The first-order valence-electron chi connectivity index (χ1n) is 7.98. The lowest BCUT2D eigenvalue weighted by Crippen LogP contribution is -2.20. The largest absolute Gasteiger partial charge is 0.509 e. The van der Waals surface area contributed by atoms with Crippen molar-refractivity contribution in [3.8, 4) is 0 Å². The normalized spacial score (nSPS) is 15.0. The number of thiazole rings is 1. The number of thiophene rings is 1. The Morgan fingerprint density at radius 1 is 1.23 bits per heavy atom. The van der Waals surface area contributed by atoms with Gasteiger partial charge < -0.3 is 10.0 Å². The van der Waals surface area contributed by atoms with Crippen molar-refractivity contribution < 1.29 is 5.11 Å². The highest BCUT2D eigenvalue weighted by Gasteiger charge is 2.30. The van der Waals surface area contributed by atoms with Gasteiger partial charge in [-0.15, -0.1) is 22.7 Å². The van der Waals surface area contributed by atoms with Gasteiger partial charge in [0.25, 0.3) is 0 Å². The Morgan fingerprint density at radius 2 is 2.04 bits per heavy atom. The summed E-state index contributed by atoms with van der Waals surface area (Å²) in [7, 11) is 3.99. The zero-order chi connectivity index (χ0) is 18.3. The van der Waals surface area contributed by atoms with E-state index in [0.717, 1.165) is 20.1 Å². The molecule has 0 atom stereocenters. The summed E-state index contributed by atoms with van der Waals surface area (Å²) >= 11 is 3.09. The van der Waals surface area contributed by atoms with Crippen molar-refractivity contribution >= 4 is 55.5 Å². The van der Waals surface area contributed by atoms with Crippen LogP contribution in [0.5, 0.6) is 0 Å². The van der Waals surface area contributed by atoms with Crippen LogP contribution < -0.4 is 4.90 Å². The summed E-state index contributed by atoms with van der Waals surface area (Å²) in [4.78, 5) is 7.58. The molecular weight excluding hydrogens is 366 g/mol. The third kappa shape index (κ3) is 2.97. The number of amidine groups is 1. The van der Waals surface area contributed by atoms with Crippen molar-refractivity contribution in [3.05, 3.63) is 52.0 Å². The van der Waals surface area contributed by atoms with E-state index in [9.17, 15) is 5.11 Å². The van der Waals surface area contributed by atoms with E-state index in [4.69, 9.17) is 5.41 Å². The van der Waals surface area contributed by atoms with E-state index in [2.05, 4.69) is 10.1 Å². The first-order valence-corrected chi connectivity index (χ1v) is 9.62. The SMILES string of the molecule is CN(C)c1ccc(/C=N/N2CC(O)=C(c3nc4ccccc4s3)C2=N)s1. The van der Waals surface area contributed by atoms with Gasteiger partial charge in [-0.3, -0.25) is 5.41 Å². The maximum Gasteiger partial charge on any atom is 0.155 e. The van der Waals surface area contributed by atoms with Gasteiger partial charge in [-0.1, -0.05) is 12.1 Å². The molecule has 132 valence electrons. The van der Waals surface area contributed by atoms with E-state index in [1.165, 1.54) is 16.3 Å². The standard InChI is InChI=1S/C18H17N5OS2/c1-22(2)15-8-7-11(25-15)9-20-23-10-13(24)16(17(23)19)18-21-12-5-3-4-6-14(12)26-18/h3-9,19,24H,10H2,1-2H3/b19-17?,20-9+. The molecule has 8 heteroatoms. The van der Waals surface area contributed by atoms with E-state index in [-0.39, 0.29) is 18.1 Å². The van der Waals surface area contributed by atoms with E-state index in [1.54, 1.807) is 17.6 Å². The van der Waals surface area contributed by atoms with Crippen LogP contribution in [0.1, 0.15) is 9.88 Å². The second-order valence-corrected chi connectivity index (χ2v) is 8.15. The molecule has 1 aliphatic heterocycles. The highest BCUT2D eigenvalue weighted by Crippen LogP contribution is 2.33. The summed E-state index contributed by atoms with van der Waals surface area (Å²) in [6, 6.07) is 11.8. The zero-order valence-corrected chi connectivity index (χ0v) is 15.9. The molecule has 0 saturated carbocycles. The lowest BCUT2D eigenvalue weighted by atomic mass is 10.2. The quantitative estimate of drug-likeness (QED) is 0.667. The van der Waals surface area contributed by atoms with Crippen LogP contribution in [0.15, 0.2) is 47.3 Å². The molecule has 1 aliphatic rings. The van der Waals surface area contributed by atoms with Crippen LogP contribution >= 0.6 is 22.7 Å². The van der Waals surface area contributed by atoms with Crippen molar-refractivity contribution in [2.75, 3.05) is 25.5 Å². The number of aliphatic hydroxyl groups excluding tert-OH is 1. The van der Waals surface area contributed by atoms with Crippen molar-refractivity contribution in [1.82, 2.24) is 9.99 Å². The Morgan fingerprint density at radius 3 is 2.77 bits per heavy atom. The fraction of sp³-hybridized carbons (Fsp3) is 0.167. The van der Waals surface area contributed by atoms with Gasteiger partial charge in [-0.2, -0.15) is 5.10 Å². The number of hydrogen-bond acceptors (Lipinski definition) is 7. The van der Waals surface area contributed by atoms with E-state index in [1.807, 2.05) is 55.4 Å². The highest BCUT2D eigenvalue weighted by molar-refractivity contribution is 7.19. The van der Waals surface area contributed by atoms with Gasteiger partial charge in [0.1, 0.15) is 17.3 Å². The van der Waals surface area contributed by atoms with Gasteiger partial charge >= 0.3 is 0 Å². The van der Waals surface area contributed by atoms with Gasteiger partial charge in [-0.05, 0) is 24.3 Å². The zero-order valence-electron chi connectivity index (χ0n) is 14.3. The summed E-state index contributed by atoms with van der Waals surface area (Å²) in [5.41, 5.74) is 1.33. The minimum absolute atomic E-state index is 0.131. The second-order valence-electron chi connectivity index (χ2n) is 6.03. The number of hydrogen-bond donors (Lipinski definition) is 2. The van der Waals surface area contributed by atoms with Crippen molar-refractivity contribution in [2.24, 2.45) is 5.10 Å². The maximum absolute atomic E-state index is 10.4. The number of benzene rings is 1. The molecule has 26 heavy (non-hydrogen) atoms. The Bertz CT molecular complexity index is 1010. The first kappa shape index (κ1) is 16.7. The van der Waals surface area contributed by atoms with E-state index < -0.39 is 0 Å². The molecule has 0 radical (unpaired) electrons. The third-order valence-electron chi connectivity index (χ3n) is 3.97. The molecule has 0 amide bonds. The number of anilines is 1. The molecular formula is C18H17N5OS2. The molecule has 6 nitrogen and oxygen atoms in total. The minimum atomic E-state index is 0.131. The van der Waals surface area contributed by atoms with Gasteiger partial charge in [0, 0.05) is 19.0 Å². The van der Waals surface area contributed by atoms with Gasteiger partial charge in [0.15, 0.2) is 5.84 Å². The van der Waals surface area contributed by atoms with Gasteiger partial charge in [0.05, 0.1) is 27.0 Å². The van der Waals surface area contributed by atoms with Crippen LogP contribution in [0.3, 0.4) is 0 Å². The molecule has 0 fully saturated rings. The molecule has 0 bridgehead atoms. The van der Waals surface area contributed by atoms with Crippen molar-refractivity contribution in [3.63, 3.8) is 0 Å². The number of nitrogens with one attached hydrogen (secondary N) is 1. The average molecular weight is 384 g/mol. The average Bonchev–Trinajstić information content (AvgIpc) is 3.30. The molecule has 0 unspecified atom stereocenters. The fourth-order valence-electron chi connectivity index (χ4n) is 2.65. The number of aromatic nitrogens is 1. The minimum Gasteiger partial charge on any atom is -0.509 e. The lowest BCUT2D eigenvalue weighted by Gasteiger charge is -2.10. The summed E-state index contributed by atoms with van der Waals surface area (Å²) in [6.07, 6.45) is 1.72. The number of hydrazone groups is 1. The van der Waals surface area contributed by atoms with E-state index >= 15 is 0 Å². The number of fused-ring (bicyclic) bond motifs is 1. The van der Waals surface area contributed by atoms with E-state index in [0.29, 0.717) is 10.6 Å². The Kier molecular flexibility index (Phi) is 4.21. The topological polar surface area (TPSA) is 75.8 Å². The van der Waals surface area contributed by atoms with Crippen LogP contribution in [0.2, 0.25) is 0 Å². The first-order chi connectivity index (χ1) is 12.5. The summed E-state index contributed by atoms with van der Waals surface area (Å²) in [5, 5.41) is 26.4. The summed E-state index contributed by atoms with van der Waals surface area (Å²) in [5.74, 6) is 0.300. The second kappa shape index (κ2) is 6.54. The molecule has 4 rings (SSSR count). The highest BCUT2D eigenvalue weighted by atomic mass is 32.1. The van der Waals surface area contributed by atoms with Crippen LogP contribution in [0.25, 0.3) is 15.8 Å². The Hall–Kier alpha value is -2.71. The molecule has 2 aromatic heterocycles. The third-order valence-corrected chi connectivity index (χ3v) is 6.21. The molecule has 0 spiro atoms. The van der Waals surface area contributed by atoms with Crippen molar-refractivity contribution in [1.29, 1.82) is 5.41 Å². The molecule has 1 aromatic carbocycles. The van der Waals surface area contributed by atoms with Crippen LogP contribution in [0, 0.1) is 5.41 Å². The predicted octanol–water partition coefficient (Wildman–Crippen LogP) is 4.02. The molecule has 3 aromatic rings. The number of nitrogens with zero attached hydrogens (tertiary/aromatic N) is 4. The Balaban J connectivity index is 1.56. The lowest BCUT2D eigenvalue weighted by molar-refractivity contribution is 0.358. The monoisotopic (exact) mass is 383 g/mol. The molecule has 0 aliphatic carbocycles. The predicted molar refractivity (Wildman–Crippen MR) is 110 cm³/mol. The van der Waals surface area contributed by atoms with Gasteiger partial charge in [-0.25, -0.2) is 9.99 Å². The fourth-order valence-corrected chi connectivity index (χ4v) is 4.48. The molecule has 0 saturated heterocycles. The van der Waals surface area contributed by atoms with Gasteiger partial charge in [0.2, 0.25) is 0 Å². The smallest absolute Gasteiger partial charge is 0.155 e. The van der Waals surface area contributed by atoms with Crippen LogP contribution in [-0.4, -0.2) is 47.8 Å². The van der Waals surface area contributed by atoms with Crippen LogP contribution in [0.4, 0.5) is 5.00 Å². The number of aliphatic hydroxyl groups is 1. The summed E-state index contributed by atoms with van der Waals surface area (Å²) in [6.45, 7) is 0.187. The molecule has 3 heterocycles. The summed E-state index contributed by atoms with van der Waals surface area (Å²) < 4.78 is 1.03. The van der Waals surface area contributed by atoms with Crippen LogP contribution in [-0.2, 0) is 0 Å². The number of para-hydroxylation sites is 1. The molecule has 2 N–H and O–H groups in total. The van der Waals surface area contributed by atoms with Crippen molar-refractivity contribution in [2.45, 2.75) is 0 Å². The Labute approximate surface area is 158 Å². The number of rotatable bonds is 4. The maximum atomic E-state index is 10.4.